The average molecular weight is 278 g/mol. The molecule has 1 saturated heterocycles. The number of imide groups is 1. The van der Waals surface area contributed by atoms with Crippen LogP contribution in [0.3, 0.4) is 0 Å². The van der Waals surface area contributed by atoms with Crippen molar-refractivity contribution < 1.29 is 14.4 Å². The van der Waals surface area contributed by atoms with Gasteiger partial charge in [-0.05, 0) is 30.5 Å². The number of Topliss-reactive ketones (excluding diaryl/α,β-unsaturated/α-hetero) is 1. The number of nitrogens with one attached hydrogen (secondary N) is 1. The van der Waals surface area contributed by atoms with Crippen molar-refractivity contribution in [3.63, 3.8) is 0 Å². The molecule has 19 heavy (non-hydrogen) atoms. The topological polar surface area (TPSA) is 63.2 Å². The Labute approximate surface area is 115 Å². The van der Waals surface area contributed by atoms with Crippen molar-refractivity contribution in [2.45, 2.75) is 31.1 Å². The number of benzene rings is 1. The lowest BCUT2D eigenvalue weighted by Gasteiger charge is -2.39. The molecule has 3 rings (SSSR count). The van der Waals surface area contributed by atoms with E-state index in [1.807, 2.05) is 0 Å². The maximum Gasteiger partial charge on any atom is 0.237 e. The summed E-state index contributed by atoms with van der Waals surface area (Å²) < 4.78 is 0. The van der Waals surface area contributed by atoms with Crippen LogP contribution in [0.5, 0.6) is 0 Å². The number of fused-ring (bicyclic) bond motifs is 2. The molecule has 1 atom stereocenters. The molecule has 0 saturated carbocycles. The quantitative estimate of drug-likeness (QED) is 0.738. The molecule has 0 bridgehead atoms. The Hall–Kier alpha value is -1.68. The van der Waals surface area contributed by atoms with E-state index in [-0.39, 0.29) is 17.6 Å². The van der Waals surface area contributed by atoms with Crippen LogP contribution < -0.4 is 5.32 Å². The molecule has 2 amide bonds. The van der Waals surface area contributed by atoms with Crippen molar-refractivity contribution in [2.75, 3.05) is 0 Å². The minimum atomic E-state index is -0.748. The van der Waals surface area contributed by atoms with Gasteiger partial charge in [-0.15, -0.1) is 0 Å². The normalized spacial score (nSPS) is 26.3. The molecule has 0 aromatic heterocycles. The smallest absolute Gasteiger partial charge is 0.237 e. The van der Waals surface area contributed by atoms with Gasteiger partial charge in [-0.3, -0.25) is 19.7 Å². The van der Waals surface area contributed by atoms with Crippen molar-refractivity contribution in [1.82, 2.24) is 5.32 Å². The van der Waals surface area contributed by atoms with Crippen molar-refractivity contribution >= 4 is 29.2 Å². The van der Waals surface area contributed by atoms with E-state index in [9.17, 15) is 14.4 Å². The minimum Gasteiger partial charge on any atom is -0.296 e. The zero-order valence-electron chi connectivity index (χ0n) is 10.2. The number of ketones is 1. The maximum atomic E-state index is 12.3. The third kappa shape index (κ3) is 1.78. The fourth-order valence-corrected chi connectivity index (χ4v) is 3.18. The van der Waals surface area contributed by atoms with Gasteiger partial charge in [0, 0.05) is 23.4 Å². The van der Waals surface area contributed by atoms with E-state index < -0.39 is 5.41 Å². The van der Waals surface area contributed by atoms with Crippen LogP contribution in [0.2, 0.25) is 5.02 Å². The molecule has 1 N–H and O–H groups in total. The monoisotopic (exact) mass is 277 g/mol. The standard InChI is InChI=1S/C14H12ClNO3/c15-8-1-2-10-9(7-8)11(17)3-5-14(10)6-4-12(18)16-13(14)19/h1-2,7H,3-6H2,(H,16,18,19). The molecule has 1 aromatic carbocycles. The van der Waals surface area contributed by atoms with Gasteiger partial charge in [0.25, 0.3) is 0 Å². The lowest BCUT2D eigenvalue weighted by atomic mass is 9.65. The molecule has 1 fully saturated rings. The van der Waals surface area contributed by atoms with Gasteiger partial charge in [0.2, 0.25) is 11.8 Å². The number of hydrogen-bond acceptors (Lipinski definition) is 3. The van der Waals surface area contributed by atoms with Crippen molar-refractivity contribution in [3.8, 4) is 0 Å². The first-order valence-electron chi connectivity index (χ1n) is 6.20. The maximum absolute atomic E-state index is 12.3. The Morgan fingerprint density at radius 2 is 1.84 bits per heavy atom. The van der Waals surface area contributed by atoms with E-state index in [2.05, 4.69) is 5.32 Å². The highest BCUT2D eigenvalue weighted by Crippen LogP contribution is 2.43. The minimum absolute atomic E-state index is 0.00725. The van der Waals surface area contributed by atoms with E-state index in [1.54, 1.807) is 18.2 Å². The molecule has 1 spiro atoms. The lowest BCUT2D eigenvalue weighted by Crippen LogP contribution is -2.53. The third-order valence-electron chi connectivity index (χ3n) is 4.04. The highest BCUT2D eigenvalue weighted by atomic mass is 35.5. The first kappa shape index (κ1) is 12.4. The summed E-state index contributed by atoms with van der Waals surface area (Å²) in [6.45, 7) is 0. The van der Waals surface area contributed by atoms with Gasteiger partial charge in [0.15, 0.2) is 5.78 Å². The zero-order chi connectivity index (χ0) is 13.6. The van der Waals surface area contributed by atoms with Gasteiger partial charge < -0.3 is 0 Å². The molecule has 5 heteroatoms. The predicted octanol–water partition coefficient (Wildman–Crippen LogP) is 1.99. The first-order valence-corrected chi connectivity index (χ1v) is 6.58. The highest BCUT2D eigenvalue weighted by Gasteiger charge is 2.48. The van der Waals surface area contributed by atoms with E-state index >= 15 is 0 Å². The van der Waals surface area contributed by atoms with E-state index in [1.165, 1.54) is 0 Å². The molecule has 0 radical (unpaired) electrons. The van der Waals surface area contributed by atoms with Crippen LogP contribution in [0, 0.1) is 0 Å². The van der Waals surface area contributed by atoms with Crippen molar-refractivity contribution in [2.24, 2.45) is 0 Å². The molecule has 1 aliphatic heterocycles. The Morgan fingerprint density at radius 1 is 1.11 bits per heavy atom. The van der Waals surface area contributed by atoms with Gasteiger partial charge in [-0.25, -0.2) is 0 Å². The number of carbonyl (C=O) groups is 3. The number of halogens is 1. The van der Waals surface area contributed by atoms with Gasteiger partial charge in [-0.2, -0.15) is 0 Å². The van der Waals surface area contributed by atoms with Crippen LogP contribution in [-0.2, 0) is 15.0 Å². The largest absolute Gasteiger partial charge is 0.296 e. The van der Waals surface area contributed by atoms with Crippen LogP contribution in [0.1, 0.15) is 41.6 Å². The van der Waals surface area contributed by atoms with Gasteiger partial charge in [0.1, 0.15) is 0 Å². The summed E-state index contributed by atoms with van der Waals surface area (Å²) in [5.74, 6) is -0.532. The summed E-state index contributed by atoms with van der Waals surface area (Å²) in [7, 11) is 0. The SMILES string of the molecule is O=C1CCC2(CCC(=O)c3cc(Cl)ccc32)C(=O)N1. The summed E-state index contributed by atoms with van der Waals surface area (Å²) in [5, 5.41) is 2.87. The molecule has 2 aliphatic rings. The third-order valence-corrected chi connectivity index (χ3v) is 4.28. The van der Waals surface area contributed by atoms with E-state index in [4.69, 9.17) is 11.6 Å². The summed E-state index contributed by atoms with van der Waals surface area (Å²) in [5.41, 5.74) is 0.475. The molecule has 1 heterocycles. The Bertz CT molecular complexity index is 611. The second-order valence-electron chi connectivity index (χ2n) is 5.07. The first-order chi connectivity index (χ1) is 9.03. The summed E-state index contributed by atoms with van der Waals surface area (Å²) >= 11 is 5.92. The molecule has 1 aromatic rings. The average Bonchev–Trinajstić information content (AvgIpc) is 2.38. The zero-order valence-corrected chi connectivity index (χ0v) is 10.9. The Morgan fingerprint density at radius 3 is 2.58 bits per heavy atom. The summed E-state index contributed by atoms with van der Waals surface area (Å²) in [4.78, 5) is 35.5. The predicted molar refractivity (Wildman–Crippen MR) is 69.1 cm³/mol. The van der Waals surface area contributed by atoms with Crippen molar-refractivity contribution in [3.05, 3.63) is 34.3 Å². The van der Waals surface area contributed by atoms with Gasteiger partial charge in [0.05, 0.1) is 5.41 Å². The fourth-order valence-electron chi connectivity index (χ4n) is 3.01. The molecular formula is C14H12ClNO3. The van der Waals surface area contributed by atoms with E-state index in [0.29, 0.717) is 41.8 Å². The van der Waals surface area contributed by atoms with E-state index in [0.717, 1.165) is 0 Å². The van der Waals surface area contributed by atoms with Crippen LogP contribution in [-0.4, -0.2) is 17.6 Å². The fraction of sp³-hybridized carbons (Fsp3) is 0.357. The molecule has 1 unspecified atom stereocenters. The van der Waals surface area contributed by atoms with Crippen LogP contribution in [0.25, 0.3) is 0 Å². The van der Waals surface area contributed by atoms with Gasteiger partial charge in [-0.1, -0.05) is 17.7 Å². The van der Waals surface area contributed by atoms with Crippen molar-refractivity contribution in [1.29, 1.82) is 0 Å². The molecule has 4 nitrogen and oxygen atoms in total. The number of amides is 2. The number of piperidine rings is 1. The number of rotatable bonds is 0. The Kier molecular flexibility index (Phi) is 2.71. The number of hydrogen-bond donors (Lipinski definition) is 1. The second kappa shape index (κ2) is 4.17. The summed E-state index contributed by atoms with van der Waals surface area (Å²) in [6, 6.07) is 5.04. The van der Waals surface area contributed by atoms with Crippen LogP contribution >= 0.6 is 11.6 Å². The second-order valence-corrected chi connectivity index (χ2v) is 5.51. The Balaban J connectivity index is 2.16. The molecular weight excluding hydrogens is 266 g/mol. The van der Waals surface area contributed by atoms with Crippen LogP contribution in [0.4, 0.5) is 0 Å². The molecule has 1 aliphatic carbocycles. The number of carbonyl (C=O) groups excluding carboxylic acids is 3. The highest BCUT2D eigenvalue weighted by molar-refractivity contribution is 6.31. The summed E-state index contributed by atoms with van der Waals surface area (Å²) in [6.07, 6.45) is 1.54. The van der Waals surface area contributed by atoms with Crippen LogP contribution in [0.15, 0.2) is 18.2 Å². The lowest BCUT2D eigenvalue weighted by molar-refractivity contribution is -0.138. The van der Waals surface area contributed by atoms with Gasteiger partial charge >= 0.3 is 0 Å². The molecule has 98 valence electrons.